The van der Waals surface area contributed by atoms with E-state index in [9.17, 15) is 0 Å². The summed E-state index contributed by atoms with van der Waals surface area (Å²) in [5, 5.41) is 0. The lowest BCUT2D eigenvalue weighted by molar-refractivity contribution is 0.310. The van der Waals surface area contributed by atoms with Crippen molar-refractivity contribution in [2.75, 3.05) is 4.90 Å². The number of ether oxygens (including phenoxy) is 1. The summed E-state index contributed by atoms with van der Waals surface area (Å²) in [5.41, 5.74) is 11.0. The van der Waals surface area contributed by atoms with E-state index in [4.69, 9.17) is 14.7 Å². The predicted octanol–water partition coefficient (Wildman–Crippen LogP) is 9.77. The molecular formula is C37H37N3O. The third-order valence-corrected chi connectivity index (χ3v) is 7.76. The molecule has 4 heteroatoms. The van der Waals surface area contributed by atoms with Gasteiger partial charge in [-0.3, -0.25) is 9.97 Å². The summed E-state index contributed by atoms with van der Waals surface area (Å²) in [6.45, 7) is 13.9. The van der Waals surface area contributed by atoms with Crippen LogP contribution >= 0.6 is 0 Å². The van der Waals surface area contributed by atoms with Gasteiger partial charge in [-0.1, -0.05) is 77.9 Å². The molecule has 0 saturated carbocycles. The molecule has 0 amide bonds. The van der Waals surface area contributed by atoms with Crippen molar-refractivity contribution in [3.8, 4) is 28.3 Å². The van der Waals surface area contributed by atoms with Crippen molar-refractivity contribution in [1.29, 1.82) is 0 Å². The number of para-hydroxylation sites is 2. The molecule has 2 aromatic heterocycles. The van der Waals surface area contributed by atoms with Gasteiger partial charge < -0.3 is 9.64 Å². The van der Waals surface area contributed by atoms with Crippen LogP contribution in [0.15, 0.2) is 103 Å². The van der Waals surface area contributed by atoms with Crippen molar-refractivity contribution in [3.05, 3.63) is 120 Å². The normalized spacial score (nSPS) is 13.2. The van der Waals surface area contributed by atoms with Crippen molar-refractivity contribution in [3.63, 3.8) is 0 Å². The molecule has 0 radical (unpaired) electrons. The summed E-state index contributed by atoms with van der Waals surface area (Å²) < 4.78 is 6.33. The van der Waals surface area contributed by atoms with Gasteiger partial charge >= 0.3 is 0 Å². The van der Waals surface area contributed by atoms with Gasteiger partial charge in [0, 0.05) is 34.8 Å². The standard InChI is InChI=1S/C37H37N3O/c1-36(2,3)28-16-18-38-31(22-28)25-10-9-11-30(20-25)40-33-12-7-8-13-35(33)41-24-27-15-14-26(21-34(27)40)32-23-29(17-19-39-32)37(4,5)6/h7-23H,24H2,1-6H3. The van der Waals surface area contributed by atoms with Crippen LogP contribution in [0, 0.1) is 0 Å². The van der Waals surface area contributed by atoms with E-state index in [2.05, 4.69) is 125 Å². The van der Waals surface area contributed by atoms with E-state index in [0.29, 0.717) is 6.61 Å². The van der Waals surface area contributed by atoms with Crippen molar-refractivity contribution in [2.45, 2.75) is 59.0 Å². The molecule has 0 N–H and O–H groups in total. The maximum atomic E-state index is 6.33. The topological polar surface area (TPSA) is 38.2 Å². The molecule has 5 aromatic rings. The molecule has 206 valence electrons. The van der Waals surface area contributed by atoms with Gasteiger partial charge in [0.2, 0.25) is 0 Å². The average molecular weight is 540 g/mol. The van der Waals surface area contributed by atoms with Gasteiger partial charge in [0.1, 0.15) is 12.4 Å². The fourth-order valence-electron chi connectivity index (χ4n) is 5.29. The van der Waals surface area contributed by atoms with Gasteiger partial charge in [0.15, 0.2) is 0 Å². The van der Waals surface area contributed by atoms with Crippen LogP contribution in [0.5, 0.6) is 5.75 Å². The number of hydrogen-bond acceptors (Lipinski definition) is 4. The highest BCUT2D eigenvalue weighted by atomic mass is 16.5. The predicted molar refractivity (Wildman–Crippen MR) is 169 cm³/mol. The fraction of sp³-hybridized carbons (Fsp3) is 0.243. The number of aromatic nitrogens is 2. The minimum absolute atomic E-state index is 0.0426. The Kier molecular flexibility index (Phi) is 6.65. The molecule has 0 atom stereocenters. The van der Waals surface area contributed by atoms with Crippen molar-refractivity contribution in [1.82, 2.24) is 9.97 Å². The fourth-order valence-corrected chi connectivity index (χ4v) is 5.29. The summed E-state index contributed by atoms with van der Waals surface area (Å²) in [5.74, 6) is 0.858. The summed E-state index contributed by atoms with van der Waals surface area (Å²) in [4.78, 5) is 11.8. The number of rotatable bonds is 3. The first-order chi connectivity index (χ1) is 19.6. The number of fused-ring (bicyclic) bond motifs is 2. The highest BCUT2D eigenvalue weighted by molar-refractivity contribution is 5.86. The lowest BCUT2D eigenvalue weighted by atomic mass is 9.87. The third kappa shape index (κ3) is 5.35. The first-order valence-corrected chi connectivity index (χ1v) is 14.3. The molecule has 6 rings (SSSR count). The van der Waals surface area contributed by atoms with E-state index >= 15 is 0 Å². The Balaban J connectivity index is 1.51. The number of hydrogen-bond donors (Lipinski definition) is 0. The Hall–Kier alpha value is -4.44. The van der Waals surface area contributed by atoms with E-state index in [1.165, 1.54) is 11.1 Å². The lowest BCUT2D eigenvalue weighted by Crippen LogP contribution is -2.12. The van der Waals surface area contributed by atoms with Crippen LogP contribution in [0.1, 0.15) is 58.2 Å². The lowest BCUT2D eigenvalue weighted by Gasteiger charge is -2.27. The van der Waals surface area contributed by atoms with Gasteiger partial charge in [-0.15, -0.1) is 0 Å². The van der Waals surface area contributed by atoms with Crippen LogP contribution < -0.4 is 9.64 Å². The highest BCUT2D eigenvalue weighted by Gasteiger charge is 2.25. The van der Waals surface area contributed by atoms with Crippen molar-refractivity contribution >= 4 is 17.1 Å². The van der Waals surface area contributed by atoms with Gasteiger partial charge in [-0.2, -0.15) is 0 Å². The second-order valence-corrected chi connectivity index (χ2v) is 12.8. The molecule has 0 saturated heterocycles. The Morgan fingerprint density at radius 3 is 1.90 bits per heavy atom. The van der Waals surface area contributed by atoms with Crippen LogP contribution in [0.25, 0.3) is 22.5 Å². The SMILES string of the molecule is CC(C)(C)c1ccnc(-c2cccc(N3c4cc(-c5cc(C(C)(C)C)ccn5)ccc4COc4ccccc43)c2)c1. The molecule has 0 unspecified atom stereocenters. The third-order valence-electron chi connectivity index (χ3n) is 7.76. The molecule has 3 heterocycles. The Morgan fingerprint density at radius 2 is 1.24 bits per heavy atom. The molecule has 3 aromatic carbocycles. The summed E-state index contributed by atoms with van der Waals surface area (Å²) >= 11 is 0. The zero-order valence-electron chi connectivity index (χ0n) is 24.8. The van der Waals surface area contributed by atoms with Gasteiger partial charge in [-0.25, -0.2) is 0 Å². The summed E-state index contributed by atoms with van der Waals surface area (Å²) in [6.07, 6.45) is 3.83. The molecule has 41 heavy (non-hydrogen) atoms. The quantitative estimate of drug-likeness (QED) is 0.229. The van der Waals surface area contributed by atoms with Crippen LogP contribution in [0.4, 0.5) is 17.1 Å². The van der Waals surface area contributed by atoms with Crippen LogP contribution in [-0.4, -0.2) is 9.97 Å². The van der Waals surface area contributed by atoms with Gasteiger partial charge in [0.25, 0.3) is 0 Å². The molecule has 0 bridgehead atoms. The summed E-state index contributed by atoms with van der Waals surface area (Å²) in [6, 6.07) is 32.1. The first kappa shape index (κ1) is 26.8. The number of anilines is 3. The smallest absolute Gasteiger partial charge is 0.143 e. The van der Waals surface area contributed by atoms with Crippen LogP contribution in [-0.2, 0) is 17.4 Å². The highest BCUT2D eigenvalue weighted by Crippen LogP contribution is 2.46. The summed E-state index contributed by atoms with van der Waals surface area (Å²) in [7, 11) is 0. The van der Waals surface area contributed by atoms with E-state index in [-0.39, 0.29) is 10.8 Å². The van der Waals surface area contributed by atoms with E-state index in [1.54, 1.807) is 0 Å². The molecule has 0 aliphatic carbocycles. The molecule has 0 spiro atoms. The Bertz CT molecular complexity index is 1730. The van der Waals surface area contributed by atoms with Crippen molar-refractivity contribution in [2.24, 2.45) is 0 Å². The van der Waals surface area contributed by atoms with E-state index in [1.807, 2.05) is 24.5 Å². The van der Waals surface area contributed by atoms with E-state index in [0.717, 1.165) is 50.9 Å². The molecular weight excluding hydrogens is 502 g/mol. The minimum atomic E-state index is 0.0426. The van der Waals surface area contributed by atoms with Gasteiger partial charge in [0.05, 0.1) is 22.8 Å². The Labute approximate surface area is 243 Å². The largest absolute Gasteiger partial charge is 0.487 e. The monoisotopic (exact) mass is 539 g/mol. The molecule has 4 nitrogen and oxygen atoms in total. The molecule has 1 aliphatic rings. The van der Waals surface area contributed by atoms with E-state index < -0.39 is 0 Å². The Morgan fingerprint density at radius 1 is 0.610 bits per heavy atom. The maximum absolute atomic E-state index is 6.33. The van der Waals surface area contributed by atoms with Crippen LogP contribution in [0.2, 0.25) is 0 Å². The average Bonchev–Trinajstić information content (AvgIpc) is 3.13. The zero-order chi connectivity index (χ0) is 28.8. The second kappa shape index (κ2) is 10.2. The number of benzene rings is 3. The molecule has 0 fully saturated rings. The van der Waals surface area contributed by atoms with Crippen LogP contribution in [0.3, 0.4) is 0 Å². The molecule has 1 aliphatic heterocycles. The van der Waals surface area contributed by atoms with Gasteiger partial charge in [-0.05, 0) is 76.6 Å². The number of pyridine rings is 2. The maximum Gasteiger partial charge on any atom is 0.143 e. The van der Waals surface area contributed by atoms with Crippen molar-refractivity contribution < 1.29 is 4.74 Å². The second-order valence-electron chi connectivity index (χ2n) is 12.8. The number of nitrogens with zero attached hydrogens (tertiary/aromatic N) is 3. The first-order valence-electron chi connectivity index (χ1n) is 14.3. The zero-order valence-corrected chi connectivity index (χ0v) is 24.8. The minimum Gasteiger partial charge on any atom is -0.487 e.